The Morgan fingerprint density at radius 3 is 2.54 bits per heavy atom. The van der Waals surface area contributed by atoms with Crippen LogP contribution in [0.25, 0.3) is 0 Å². The Morgan fingerprint density at radius 2 is 2.15 bits per heavy atom. The molecule has 0 bridgehead atoms. The van der Waals surface area contributed by atoms with E-state index in [-0.39, 0.29) is 5.91 Å². The van der Waals surface area contributed by atoms with Crippen molar-refractivity contribution in [3.63, 3.8) is 0 Å². The first-order valence-corrected chi connectivity index (χ1v) is 4.30. The van der Waals surface area contributed by atoms with Crippen molar-refractivity contribution in [3.05, 3.63) is 22.5 Å². The van der Waals surface area contributed by atoms with Gasteiger partial charge >= 0.3 is 0 Å². The fourth-order valence-corrected chi connectivity index (χ4v) is 1.62. The number of hydrogen-bond acceptors (Lipinski definition) is 2. The van der Waals surface area contributed by atoms with Gasteiger partial charge in [0, 0.05) is 5.69 Å². The number of hydrogen-bond donors (Lipinski definition) is 3. The summed E-state index contributed by atoms with van der Waals surface area (Å²) in [6.07, 6.45) is 0.923. The van der Waals surface area contributed by atoms with Gasteiger partial charge in [-0.05, 0) is 31.4 Å². The van der Waals surface area contributed by atoms with Gasteiger partial charge in [-0.25, -0.2) is 5.84 Å². The molecule has 1 rings (SSSR count). The van der Waals surface area contributed by atoms with Crippen molar-refractivity contribution < 1.29 is 4.79 Å². The van der Waals surface area contributed by atoms with Crippen LogP contribution in [0, 0.1) is 13.8 Å². The molecule has 0 spiro atoms. The first-order valence-electron chi connectivity index (χ1n) is 4.30. The number of carbonyl (C=O) groups is 1. The zero-order chi connectivity index (χ0) is 10.0. The van der Waals surface area contributed by atoms with Gasteiger partial charge in [-0.3, -0.25) is 10.2 Å². The Morgan fingerprint density at radius 1 is 1.54 bits per heavy atom. The van der Waals surface area contributed by atoms with Crippen LogP contribution in [0.2, 0.25) is 0 Å². The van der Waals surface area contributed by atoms with E-state index in [0.29, 0.717) is 5.69 Å². The lowest BCUT2D eigenvalue weighted by atomic mass is 10.1. The summed E-state index contributed by atoms with van der Waals surface area (Å²) in [4.78, 5) is 14.3. The Labute approximate surface area is 77.5 Å². The van der Waals surface area contributed by atoms with Crippen LogP contribution in [0.3, 0.4) is 0 Å². The molecule has 13 heavy (non-hydrogen) atoms. The Balaban J connectivity index is 3.18. The normalized spacial score (nSPS) is 10.2. The van der Waals surface area contributed by atoms with E-state index in [4.69, 9.17) is 5.84 Å². The highest BCUT2D eigenvalue weighted by Gasteiger charge is 2.14. The molecule has 0 saturated carbocycles. The maximum atomic E-state index is 11.2. The third-order valence-electron chi connectivity index (χ3n) is 2.30. The van der Waals surface area contributed by atoms with Crippen molar-refractivity contribution in [1.29, 1.82) is 0 Å². The third kappa shape index (κ3) is 1.58. The average Bonchev–Trinajstić information content (AvgIpc) is 2.40. The van der Waals surface area contributed by atoms with Crippen LogP contribution in [-0.2, 0) is 6.42 Å². The lowest BCUT2D eigenvalue weighted by Gasteiger charge is -1.98. The van der Waals surface area contributed by atoms with Gasteiger partial charge in [0.2, 0.25) is 0 Å². The number of rotatable bonds is 2. The van der Waals surface area contributed by atoms with Crippen LogP contribution < -0.4 is 11.3 Å². The maximum Gasteiger partial charge on any atom is 0.281 e. The molecule has 0 saturated heterocycles. The van der Waals surface area contributed by atoms with Crippen LogP contribution in [0.1, 0.15) is 34.2 Å². The molecule has 0 fully saturated rings. The zero-order valence-electron chi connectivity index (χ0n) is 8.19. The molecule has 1 heterocycles. The number of aromatic amines is 1. The van der Waals surface area contributed by atoms with Gasteiger partial charge in [0.25, 0.3) is 5.91 Å². The summed E-state index contributed by atoms with van der Waals surface area (Å²) >= 11 is 0. The largest absolute Gasteiger partial charge is 0.354 e. The number of aryl methyl sites for hydroxylation is 1. The van der Waals surface area contributed by atoms with E-state index in [9.17, 15) is 4.79 Å². The van der Waals surface area contributed by atoms with Gasteiger partial charge < -0.3 is 4.98 Å². The van der Waals surface area contributed by atoms with Gasteiger partial charge in [-0.2, -0.15) is 0 Å². The minimum absolute atomic E-state index is 0.264. The van der Waals surface area contributed by atoms with Gasteiger partial charge in [0.1, 0.15) is 5.69 Å². The lowest BCUT2D eigenvalue weighted by molar-refractivity contribution is 0.0948. The molecule has 4 N–H and O–H groups in total. The molecular weight excluding hydrogens is 166 g/mol. The molecule has 0 aromatic carbocycles. The van der Waals surface area contributed by atoms with Crippen molar-refractivity contribution >= 4 is 5.91 Å². The summed E-state index contributed by atoms with van der Waals surface area (Å²) in [5.41, 5.74) is 5.91. The van der Waals surface area contributed by atoms with Crippen LogP contribution >= 0.6 is 0 Å². The predicted octanol–water partition coefficient (Wildman–Crippen LogP) is 0.797. The number of nitrogens with one attached hydrogen (secondary N) is 2. The standard InChI is InChI=1S/C9H15N3O/c1-4-7-5(2)8(9(13)12-10)11-6(7)3/h11H,4,10H2,1-3H3,(H,12,13). The van der Waals surface area contributed by atoms with Gasteiger partial charge in [-0.15, -0.1) is 0 Å². The topological polar surface area (TPSA) is 70.9 Å². The number of nitrogens with two attached hydrogens (primary N) is 1. The van der Waals surface area contributed by atoms with Crippen LogP contribution in [0.15, 0.2) is 0 Å². The van der Waals surface area contributed by atoms with E-state index in [1.807, 2.05) is 13.8 Å². The van der Waals surface area contributed by atoms with E-state index in [1.165, 1.54) is 5.56 Å². The molecule has 72 valence electrons. The smallest absolute Gasteiger partial charge is 0.281 e. The molecule has 4 heteroatoms. The molecule has 0 aliphatic carbocycles. The molecule has 1 amide bonds. The van der Waals surface area contributed by atoms with E-state index < -0.39 is 0 Å². The van der Waals surface area contributed by atoms with E-state index in [1.54, 1.807) is 0 Å². The molecule has 0 aliphatic heterocycles. The zero-order valence-corrected chi connectivity index (χ0v) is 8.19. The summed E-state index contributed by atoms with van der Waals surface area (Å²) in [6, 6.07) is 0. The summed E-state index contributed by atoms with van der Waals surface area (Å²) in [6.45, 7) is 5.94. The number of H-pyrrole nitrogens is 1. The van der Waals surface area contributed by atoms with Gasteiger partial charge in [0.05, 0.1) is 0 Å². The van der Waals surface area contributed by atoms with E-state index in [2.05, 4.69) is 17.3 Å². The van der Waals surface area contributed by atoms with Crippen molar-refractivity contribution in [3.8, 4) is 0 Å². The van der Waals surface area contributed by atoms with Crippen molar-refractivity contribution in [1.82, 2.24) is 10.4 Å². The average molecular weight is 181 g/mol. The highest BCUT2D eigenvalue weighted by atomic mass is 16.2. The van der Waals surface area contributed by atoms with Crippen molar-refractivity contribution in [2.24, 2.45) is 5.84 Å². The number of hydrazine groups is 1. The van der Waals surface area contributed by atoms with Gasteiger partial charge in [0.15, 0.2) is 0 Å². The molecule has 0 atom stereocenters. The molecular formula is C9H15N3O. The molecule has 4 nitrogen and oxygen atoms in total. The molecule has 0 aliphatic rings. The number of aromatic nitrogens is 1. The third-order valence-corrected chi connectivity index (χ3v) is 2.30. The van der Waals surface area contributed by atoms with Gasteiger partial charge in [-0.1, -0.05) is 6.92 Å². The molecule has 0 radical (unpaired) electrons. The van der Waals surface area contributed by atoms with Crippen molar-refractivity contribution in [2.75, 3.05) is 0 Å². The summed E-state index contributed by atoms with van der Waals surface area (Å²) < 4.78 is 0. The maximum absolute atomic E-state index is 11.2. The highest BCUT2D eigenvalue weighted by Crippen LogP contribution is 2.17. The van der Waals surface area contributed by atoms with Crippen LogP contribution in [-0.4, -0.2) is 10.9 Å². The number of nitrogen functional groups attached to an aromatic ring is 1. The minimum Gasteiger partial charge on any atom is -0.354 e. The summed E-state index contributed by atoms with van der Waals surface area (Å²) in [5.74, 6) is 4.79. The first-order chi connectivity index (χ1) is 6.11. The second-order valence-corrected chi connectivity index (χ2v) is 3.06. The summed E-state index contributed by atoms with van der Waals surface area (Å²) in [7, 11) is 0. The second kappa shape index (κ2) is 3.62. The highest BCUT2D eigenvalue weighted by molar-refractivity contribution is 5.94. The van der Waals surface area contributed by atoms with Crippen LogP contribution in [0.5, 0.6) is 0 Å². The van der Waals surface area contributed by atoms with E-state index in [0.717, 1.165) is 17.7 Å². The second-order valence-electron chi connectivity index (χ2n) is 3.06. The Hall–Kier alpha value is -1.29. The first kappa shape index (κ1) is 9.80. The number of amides is 1. The molecule has 0 unspecified atom stereocenters. The predicted molar refractivity (Wildman–Crippen MR) is 51.3 cm³/mol. The summed E-state index contributed by atoms with van der Waals surface area (Å²) in [5, 5.41) is 0. The Bertz CT molecular complexity index is 328. The SMILES string of the molecule is CCc1c(C)[nH]c(C(=O)NN)c1C. The van der Waals surface area contributed by atoms with E-state index >= 15 is 0 Å². The molecule has 1 aromatic heterocycles. The fraction of sp³-hybridized carbons (Fsp3) is 0.444. The molecule has 1 aromatic rings. The quantitative estimate of drug-likeness (QED) is 0.359. The Kier molecular flexibility index (Phi) is 2.72. The monoisotopic (exact) mass is 181 g/mol. The fourth-order valence-electron chi connectivity index (χ4n) is 1.62. The van der Waals surface area contributed by atoms with Crippen molar-refractivity contribution in [2.45, 2.75) is 27.2 Å². The van der Waals surface area contributed by atoms with Crippen LogP contribution in [0.4, 0.5) is 0 Å². The lowest BCUT2D eigenvalue weighted by Crippen LogP contribution is -2.30. The number of carbonyl (C=O) groups excluding carboxylic acids is 1. The minimum atomic E-state index is -0.264.